The number of pyridine rings is 2. The third-order valence-corrected chi connectivity index (χ3v) is 4.73. The van der Waals surface area contributed by atoms with E-state index in [1.54, 1.807) is 18.2 Å². The highest BCUT2D eigenvalue weighted by molar-refractivity contribution is 9.10. The van der Waals surface area contributed by atoms with Crippen LogP contribution in [0.1, 0.15) is 15.9 Å². The molecule has 0 radical (unpaired) electrons. The molecular formula is C16H6Br2N4O4. The van der Waals surface area contributed by atoms with Crippen LogP contribution in [0.2, 0.25) is 0 Å². The Morgan fingerprint density at radius 2 is 1.19 bits per heavy atom. The van der Waals surface area contributed by atoms with Crippen molar-refractivity contribution in [2.75, 3.05) is 0 Å². The average Bonchev–Trinajstić information content (AvgIpc) is 2.57. The summed E-state index contributed by atoms with van der Waals surface area (Å²) in [5.41, 5.74) is 0.595. The van der Waals surface area contributed by atoms with Gasteiger partial charge in [-0.3, -0.25) is 25.0 Å². The second-order valence-corrected chi connectivity index (χ2v) is 7.00. The first kappa shape index (κ1) is 16.7. The number of halogens is 2. The first-order chi connectivity index (χ1) is 12.4. The molecule has 0 atom stereocenters. The minimum atomic E-state index is -0.940. The van der Waals surface area contributed by atoms with Crippen molar-refractivity contribution in [3.63, 3.8) is 0 Å². The fourth-order valence-electron chi connectivity index (χ4n) is 2.81. The maximum absolute atomic E-state index is 13.0. The molecule has 1 aliphatic carbocycles. The first-order valence-electron chi connectivity index (χ1n) is 7.16. The van der Waals surface area contributed by atoms with E-state index in [4.69, 9.17) is 0 Å². The van der Waals surface area contributed by atoms with Gasteiger partial charge in [-0.1, -0.05) is 0 Å². The van der Waals surface area contributed by atoms with Crippen LogP contribution in [0.25, 0.3) is 17.0 Å². The van der Waals surface area contributed by atoms with Gasteiger partial charge in [0.05, 0.1) is 16.8 Å². The van der Waals surface area contributed by atoms with Crippen LogP contribution < -0.4 is 10.6 Å². The van der Waals surface area contributed by atoms with E-state index in [-0.39, 0.29) is 16.7 Å². The third kappa shape index (κ3) is 2.49. The van der Waals surface area contributed by atoms with Crippen molar-refractivity contribution in [2.45, 2.75) is 0 Å². The molecule has 128 valence electrons. The maximum Gasteiger partial charge on any atom is 0.328 e. The van der Waals surface area contributed by atoms with Gasteiger partial charge in [0.2, 0.25) is 0 Å². The molecule has 2 aromatic rings. The molecule has 4 rings (SSSR count). The molecule has 2 aliphatic rings. The summed E-state index contributed by atoms with van der Waals surface area (Å²) in [6.45, 7) is 0. The third-order valence-electron chi connectivity index (χ3n) is 3.85. The molecule has 1 fully saturated rings. The lowest BCUT2D eigenvalue weighted by atomic mass is 9.83. The van der Waals surface area contributed by atoms with E-state index in [2.05, 4.69) is 41.8 Å². The van der Waals surface area contributed by atoms with Gasteiger partial charge in [-0.15, -0.1) is 0 Å². The number of barbiturate groups is 1. The number of imide groups is 2. The Labute approximate surface area is 162 Å². The van der Waals surface area contributed by atoms with Gasteiger partial charge in [-0.2, -0.15) is 0 Å². The Kier molecular flexibility index (Phi) is 3.81. The second kappa shape index (κ2) is 5.92. The van der Waals surface area contributed by atoms with Crippen LogP contribution in [0.3, 0.4) is 0 Å². The quantitative estimate of drug-likeness (QED) is 0.340. The summed E-state index contributed by atoms with van der Waals surface area (Å²) in [6.07, 6.45) is 0. The predicted molar refractivity (Wildman–Crippen MR) is 95.8 cm³/mol. The standard InChI is InChI=1S/C16H6Br2N4O4/c17-7-3-1-5-9(10-14(24)21-16(26)22-15(10)25)13(23)6-2-4-8(18)20-12(6)11(5)19-7/h1-4H,(H2,21,22,24,25,26). The van der Waals surface area contributed by atoms with E-state index in [0.717, 1.165) is 0 Å². The zero-order valence-electron chi connectivity index (χ0n) is 12.6. The lowest BCUT2D eigenvalue weighted by Gasteiger charge is -2.23. The van der Waals surface area contributed by atoms with Gasteiger partial charge in [0, 0.05) is 5.56 Å². The number of nitrogens with zero attached hydrogens (tertiary/aromatic N) is 2. The van der Waals surface area contributed by atoms with Crippen molar-refractivity contribution < 1.29 is 19.2 Å². The van der Waals surface area contributed by atoms with Gasteiger partial charge in [-0.05, 0) is 56.1 Å². The predicted octanol–water partition coefficient (Wildman–Crippen LogP) is 1.98. The van der Waals surface area contributed by atoms with Gasteiger partial charge in [0.25, 0.3) is 11.8 Å². The zero-order chi connectivity index (χ0) is 18.6. The van der Waals surface area contributed by atoms with Gasteiger partial charge in [-0.25, -0.2) is 14.8 Å². The van der Waals surface area contributed by atoms with Gasteiger partial charge in [0.1, 0.15) is 20.5 Å². The molecule has 8 nitrogen and oxygen atoms in total. The highest BCUT2D eigenvalue weighted by atomic mass is 79.9. The molecule has 0 saturated carbocycles. The number of fused-ring (bicyclic) bond motifs is 3. The second-order valence-electron chi connectivity index (χ2n) is 5.38. The topological polar surface area (TPSA) is 118 Å². The Balaban J connectivity index is 2.08. The van der Waals surface area contributed by atoms with Crippen LogP contribution in [0.5, 0.6) is 0 Å². The number of ketones is 1. The summed E-state index contributed by atoms with van der Waals surface area (Å²) in [5, 5.41) is 3.96. The Morgan fingerprint density at radius 1 is 0.692 bits per heavy atom. The SMILES string of the molecule is O=C1NC(=O)C(=C2C(=O)c3ccc(Br)nc3-c3nc(Br)ccc32)C(=O)N1. The summed E-state index contributed by atoms with van der Waals surface area (Å²) in [4.78, 5) is 57.5. The molecule has 0 unspecified atom stereocenters. The van der Waals surface area contributed by atoms with Crippen molar-refractivity contribution in [2.24, 2.45) is 0 Å². The number of aromatic nitrogens is 2. The molecule has 3 heterocycles. The van der Waals surface area contributed by atoms with Crippen molar-refractivity contribution >= 4 is 61.1 Å². The fraction of sp³-hybridized carbons (Fsp3) is 0. The molecule has 2 aromatic heterocycles. The number of Topliss-reactive ketones (excluding diaryl/α,β-unsaturated/α-hetero) is 1. The minimum Gasteiger partial charge on any atom is -0.288 e. The number of carbonyl (C=O) groups excluding carboxylic acids is 4. The Bertz CT molecular complexity index is 1070. The number of carbonyl (C=O) groups is 4. The smallest absolute Gasteiger partial charge is 0.288 e. The van der Waals surface area contributed by atoms with Crippen LogP contribution in [0.4, 0.5) is 4.79 Å². The highest BCUT2D eigenvalue weighted by Crippen LogP contribution is 2.40. The van der Waals surface area contributed by atoms with Gasteiger partial charge >= 0.3 is 6.03 Å². The molecule has 26 heavy (non-hydrogen) atoms. The summed E-state index contributed by atoms with van der Waals surface area (Å²) in [5.74, 6) is -2.43. The lowest BCUT2D eigenvalue weighted by Crippen LogP contribution is -2.52. The van der Waals surface area contributed by atoms with Gasteiger partial charge < -0.3 is 0 Å². The number of rotatable bonds is 0. The van der Waals surface area contributed by atoms with Crippen LogP contribution in [-0.2, 0) is 9.59 Å². The summed E-state index contributed by atoms with van der Waals surface area (Å²) >= 11 is 6.53. The molecule has 2 N–H and O–H groups in total. The normalized spacial score (nSPS) is 16.1. The lowest BCUT2D eigenvalue weighted by molar-refractivity contribution is -0.123. The molecule has 10 heteroatoms. The summed E-state index contributed by atoms with van der Waals surface area (Å²) in [7, 11) is 0. The minimum absolute atomic E-state index is 0.126. The number of nitrogens with one attached hydrogen (secondary N) is 2. The largest absolute Gasteiger partial charge is 0.328 e. The molecular weight excluding hydrogens is 472 g/mol. The molecule has 1 aliphatic heterocycles. The maximum atomic E-state index is 13.0. The number of amides is 4. The van der Waals surface area contributed by atoms with Gasteiger partial charge in [0.15, 0.2) is 5.78 Å². The van der Waals surface area contributed by atoms with Crippen LogP contribution in [-0.4, -0.2) is 33.6 Å². The van der Waals surface area contributed by atoms with E-state index in [0.29, 0.717) is 20.6 Å². The zero-order valence-corrected chi connectivity index (χ0v) is 15.8. The molecule has 0 bridgehead atoms. The Hall–Kier alpha value is -2.72. The van der Waals surface area contributed by atoms with E-state index in [9.17, 15) is 19.2 Å². The van der Waals surface area contributed by atoms with Crippen molar-refractivity contribution in [3.05, 3.63) is 50.2 Å². The molecule has 0 spiro atoms. The van der Waals surface area contributed by atoms with Crippen molar-refractivity contribution in [1.82, 2.24) is 20.6 Å². The Morgan fingerprint density at radius 3 is 1.77 bits per heavy atom. The van der Waals surface area contributed by atoms with E-state index in [1.807, 2.05) is 10.6 Å². The fourth-order valence-corrected chi connectivity index (χ4v) is 3.43. The van der Waals surface area contributed by atoms with E-state index in [1.165, 1.54) is 6.07 Å². The molecule has 4 amide bonds. The number of allylic oxidation sites excluding steroid dienone is 1. The number of urea groups is 1. The summed E-state index contributed by atoms with van der Waals surface area (Å²) < 4.78 is 1.00. The average molecular weight is 478 g/mol. The van der Waals surface area contributed by atoms with Crippen molar-refractivity contribution in [3.8, 4) is 11.4 Å². The number of hydrogen-bond acceptors (Lipinski definition) is 6. The van der Waals surface area contributed by atoms with E-state index < -0.39 is 29.2 Å². The molecule has 0 aromatic carbocycles. The van der Waals surface area contributed by atoms with Crippen LogP contribution >= 0.6 is 31.9 Å². The summed E-state index contributed by atoms with van der Waals surface area (Å²) in [6, 6.07) is 5.32. The van der Waals surface area contributed by atoms with Crippen LogP contribution in [0.15, 0.2) is 39.0 Å². The van der Waals surface area contributed by atoms with E-state index >= 15 is 0 Å². The van der Waals surface area contributed by atoms with Crippen LogP contribution in [0, 0.1) is 0 Å². The van der Waals surface area contributed by atoms with Crippen molar-refractivity contribution in [1.29, 1.82) is 0 Å². The highest BCUT2D eigenvalue weighted by Gasteiger charge is 2.39. The molecule has 1 saturated heterocycles. The number of hydrogen-bond donors (Lipinski definition) is 2. The monoisotopic (exact) mass is 476 g/mol. The first-order valence-corrected chi connectivity index (χ1v) is 8.75.